The van der Waals surface area contributed by atoms with Crippen molar-refractivity contribution in [3.63, 3.8) is 0 Å². The van der Waals surface area contributed by atoms with Crippen molar-refractivity contribution in [2.45, 2.75) is 34.3 Å². The predicted molar refractivity (Wildman–Crippen MR) is 107 cm³/mol. The van der Waals surface area contributed by atoms with Crippen LogP contribution in [0.25, 0.3) is 11.3 Å². The van der Waals surface area contributed by atoms with Crippen LogP contribution < -0.4 is 5.32 Å². The van der Waals surface area contributed by atoms with Crippen LogP contribution in [0, 0.1) is 27.7 Å². The first kappa shape index (κ1) is 18.7. The highest BCUT2D eigenvalue weighted by Gasteiger charge is 2.15. The molecule has 2 N–H and O–H groups in total. The third-order valence-corrected chi connectivity index (χ3v) is 4.54. The minimum atomic E-state index is -0.356. The van der Waals surface area contributed by atoms with E-state index in [0.29, 0.717) is 0 Å². The second kappa shape index (κ2) is 7.68. The fourth-order valence-corrected chi connectivity index (χ4v) is 3.14. The van der Waals surface area contributed by atoms with Crippen molar-refractivity contribution in [3.8, 4) is 11.3 Å². The molecule has 0 aliphatic carbocycles. The van der Waals surface area contributed by atoms with Crippen LogP contribution in [0.5, 0.6) is 0 Å². The Kier molecular flexibility index (Phi) is 5.33. The summed E-state index contributed by atoms with van der Waals surface area (Å²) in [4.78, 5) is 21.3. The Bertz CT molecular complexity index is 989. The first-order valence-corrected chi connectivity index (χ1v) is 8.82. The number of hydrogen-bond acceptors (Lipinski definition) is 4. The van der Waals surface area contributed by atoms with E-state index in [-0.39, 0.29) is 18.3 Å². The van der Waals surface area contributed by atoms with Crippen LogP contribution in [-0.2, 0) is 6.61 Å². The van der Waals surface area contributed by atoms with Gasteiger partial charge in [0.25, 0.3) is 5.91 Å². The van der Waals surface area contributed by atoms with Crippen LogP contribution in [0.1, 0.15) is 38.4 Å². The van der Waals surface area contributed by atoms with E-state index < -0.39 is 0 Å². The van der Waals surface area contributed by atoms with Gasteiger partial charge in [-0.25, -0.2) is 9.97 Å². The van der Waals surface area contributed by atoms with Gasteiger partial charge in [-0.2, -0.15) is 0 Å². The lowest BCUT2D eigenvalue weighted by atomic mass is 10.0. The standard InChI is InChI=1S/C22H23N3O2/c1-13-5-6-14(2)18(9-13)19-7-8-23-21(24-19)22(27)25-20-15(3)10-17(12-26)11-16(20)4/h5-11,26H,12H2,1-4H3,(H,25,27). The molecule has 0 fully saturated rings. The summed E-state index contributed by atoms with van der Waals surface area (Å²) < 4.78 is 0. The van der Waals surface area contributed by atoms with Crippen molar-refractivity contribution in [1.29, 1.82) is 0 Å². The third kappa shape index (κ3) is 4.04. The third-order valence-electron chi connectivity index (χ3n) is 4.54. The van der Waals surface area contributed by atoms with Gasteiger partial charge in [-0.3, -0.25) is 4.79 Å². The Hall–Kier alpha value is -3.05. The summed E-state index contributed by atoms with van der Waals surface area (Å²) in [5.74, 6) is -0.233. The topological polar surface area (TPSA) is 75.1 Å². The minimum Gasteiger partial charge on any atom is -0.392 e. The average Bonchev–Trinajstić information content (AvgIpc) is 2.66. The summed E-state index contributed by atoms with van der Waals surface area (Å²) in [5, 5.41) is 12.2. The number of aliphatic hydroxyl groups is 1. The maximum atomic E-state index is 12.7. The molecule has 1 amide bonds. The van der Waals surface area contributed by atoms with E-state index in [4.69, 9.17) is 0 Å². The number of aliphatic hydroxyl groups excluding tert-OH is 1. The van der Waals surface area contributed by atoms with Gasteiger partial charge in [0.2, 0.25) is 5.82 Å². The molecule has 0 saturated carbocycles. The Labute approximate surface area is 159 Å². The molecule has 5 heteroatoms. The van der Waals surface area contributed by atoms with Gasteiger partial charge in [-0.15, -0.1) is 0 Å². The molecule has 0 radical (unpaired) electrons. The Morgan fingerprint density at radius 3 is 2.37 bits per heavy atom. The fourth-order valence-electron chi connectivity index (χ4n) is 3.14. The highest BCUT2D eigenvalue weighted by atomic mass is 16.3. The predicted octanol–water partition coefficient (Wildman–Crippen LogP) is 4.12. The van der Waals surface area contributed by atoms with Gasteiger partial charge in [0.1, 0.15) is 0 Å². The van der Waals surface area contributed by atoms with Crippen molar-refractivity contribution in [2.24, 2.45) is 0 Å². The number of carbonyl (C=O) groups is 1. The highest BCUT2D eigenvalue weighted by Crippen LogP contribution is 2.24. The second-order valence-electron chi connectivity index (χ2n) is 6.80. The van der Waals surface area contributed by atoms with E-state index in [1.165, 1.54) is 0 Å². The summed E-state index contributed by atoms with van der Waals surface area (Å²) in [7, 11) is 0. The highest BCUT2D eigenvalue weighted by molar-refractivity contribution is 6.02. The first-order chi connectivity index (χ1) is 12.9. The van der Waals surface area contributed by atoms with Gasteiger partial charge in [0.05, 0.1) is 12.3 Å². The molecule has 1 heterocycles. The molecule has 0 atom stereocenters. The van der Waals surface area contributed by atoms with Gasteiger partial charge >= 0.3 is 0 Å². The monoisotopic (exact) mass is 361 g/mol. The molecule has 0 bridgehead atoms. The molecule has 0 aliphatic rings. The lowest BCUT2D eigenvalue weighted by Gasteiger charge is -2.13. The van der Waals surface area contributed by atoms with Gasteiger partial charge in [0, 0.05) is 17.4 Å². The van der Waals surface area contributed by atoms with Gasteiger partial charge in [-0.05, 0) is 62.1 Å². The maximum Gasteiger partial charge on any atom is 0.293 e. The van der Waals surface area contributed by atoms with Crippen molar-refractivity contribution in [3.05, 3.63) is 76.2 Å². The summed E-state index contributed by atoms with van der Waals surface area (Å²) in [6, 6.07) is 11.7. The normalized spacial score (nSPS) is 10.7. The molecule has 0 aliphatic heterocycles. The molecule has 0 spiro atoms. The molecule has 5 nitrogen and oxygen atoms in total. The maximum absolute atomic E-state index is 12.7. The average molecular weight is 361 g/mol. The van der Waals surface area contributed by atoms with E-state index in [0.717, 1.165) is 44.8 Å². The summed E-state index contributed by atoms with van der Waals surface area (Å²) >= 11 is 0. The van der Waals surface area contributed by atoms with Crippen LogP contribution in [0.3, 0.4) is 0 Å². The zero-order valence-electron chi connectivity index (χ0n) is 16.0. The fraction of sp³-hybridized carbons (Fsp3) is 0.227. The molecule has 138 valence electrons. The molecule has 27 heavy (non-hydrogen) atoms. The molecule has 3 rings (SSSR count). The molecule has 0 unspecified atom stereocenters. The van der Waals surface area contributed by atoms with Crippen molar-refractivity contribution < 1.29 is 9.90 Å². The van der Waals surface area contributed by atoms with Crippen LogP contribution in [0.15, 0.2) is 42.6 Å². The lowest BCUT2D eigenvalue weighted by molar-refractivity contribution is 0.101. The number of benzene rings is 2. The van der Waals surface area contributed by atoms with Gasteiger partial charge < -0.3 is 10.4 Å². The number of hydrogen-bond donors (Lipinski definition) is 2. The molecular formula is C22H23N3O2. The van der Waals surface area contributed by atoms with Crippen molar-refractivity contribution in [1.82, 2.24) is 9.97 Å². The van der Waals surface area contributed by atoms with Crippen LogP contribution in [0.4, 0.5) is 5.69 Å². The van der Waals surface area contributed by atoms with Crippen molar-refractivity contribution in [2.75, 3.05) is 5.32 Å². The smallest absolute Gasteiger partial charge is 0.293 e. The van der Waals surface area contributed by atoms with Crippen LogP contribution >= 0.6 is 0 Å². The number of nitrogens with one attached hydrogen (secondary N) is 1. The molecule has 1 aromatic heterocycles. The van der Waals surface area contributed by atoms with Gasteiger partial charge in [-0.1, -0.05) is 29.8 Å². The van der Waals surface area contributed by atoms with E-state index in [2.05, 4.69) is 27.4 Å². The number of amides is 1. The summed E-state index contributed by atoms with van der Waals surface area (Å²) in [6.45, 7) is 7.81. The number of carbonyl (C=O) groups excluding carboxylic acids is 1. The van der Waals surface area contributed by atoms with E-state index in [9.17, 15) is 9.90 Å². The number of aryl methyl sites for hydroxylation is 4. The van der Waals surface area contributed by atoms with Crippen LogP contribution in [0.2, 0.25) is 0 Å². The second-order valence-corrected chi connectivity index (χ2v) is 6.80. The number of anilines is 1. The summed E-state index contributed by atoms with van der Waals surface area (Å²) in [5.41, 5.74) is 7.25. The SMILES string of the molecule is Cc1ccc(C)c(-c2ccnc(C(=O)Nc3c(C)cc(CO)cc3C)n2)c1. The largest absolute Gasteiger partial charge is 0.392 e. The molecule has 2 aromatic carbocycles. The van der Waals surface area contributed by atoms with E-state index in [1.54, 1.807) is 6.20 Å². The zero-order chi connectivity index (χ0) is 19.6. The number of aromatic nitrogens is 2. The van der Waals surface area contributed by atoms with E-state index >= 15 is 0 Å². The number of rotatable bonds is 4. The Morgan fingerprint density at radius 2 is 1.70 bits per heavy atom. The zero-order valence-corrected chi connectivity index (χ0v) is 16.0. The van der Waals surface area contributed by atoms with Gasteiger partial charge in [0.15, 0.2) is 0 Å². The molecule has 0 saturated heterocycles. The van der Waals surface area contributed by atoms with Crippen molar-refractivity contribution >= 4 is 11.6 Å². The lowest BCUT2D eigenvalue weighted by Crippen LogP contribution is -2.17. The quantitative estimate of drug-likeness (QED) is 0.733. The summed E-state index contributed by atoms with van der Waals surface area (Å²) in [6.07, 6.45) is 1.60. The molecular weight excluding hydrogens is 338 g/mol. The molecule has 3 aromatic rings. The first-order valence-electron chi connectivity index (χ1n) is 8.82. The Morgan fingerprint density at radius 1 is 1.00 bits per heavy atom. The van der Waals surface area contributed by atoms with E-state index in [1.807, 2.05) is 52.0 Å². The Balaban J connectivity index is 1.92. The number of nitrogens with zero attached hydrogens (tertiary/aromatic N) is 2. The van der Waals surface area contributed by atoms with Crippen LogP contribution in [-0.4, -0.2) is 21.0 Å². The minimum absolute atomic E-state index is 0.0308.